The summed E-state index contributed by atoms with van der Waals surface area (Å²) in [4.78, 5) is 0. The van der Waals surface area contributed by atoms with Gasteiger partial charge in [-0.05, 0) is 19.1 Å². The fourth-order valence-corrected chi connectivity index (χ4v) is 1.65. The number of nitrogens with one attached hydrogen (secondary N) is 1. The normalized spacial score (nSPS) is 10.8. The minimum Gasteiger partial charge on any atom is -0.396 e. The average molecular weight is 243 g/mol. The number of hydrogen-bond acceptors (Lipinski definition) is 4. The number of nitrogen functional groups attached to an aromatic ring is 1. The molecule has 0 aliphatic carbocycles. The topological polar surface area (TPSA) is 96.0 Å². The fraction of sp³-hybridized carbons (Fsp3) is 0.222. The van der Waals surface area contributed by atoms with Crippen LogP contribution in [0.3, 0.4) is 0 Å². The van der Waals surface area contributed by atoms with Crippen molar-refractivity contribution in [3.8, 4) is 6.07 Å². The Hall–Kier alpha value is -1.81. The molecule has 16 heavy (non-hydrogen) atoms. The zero-order valence-electron chi connectivity index (χ0n) is 8.49. The molecule has 86 valence electrons. The van der Waals surface area contributed by atoms with Gasteiger partial charge in [0.2, 0.25) is 10.0 Å². The minimum atomic E-state index is -3.51. The van der Waals surface area contributed by atoms with E-state index in [1.165, 1.54) is 6.92 Å². The number of halogens is 1. The second kappa shape index (κ2) is 4.37. The van der Waals surface area contributed by atoms with Crippen molar-refractivity contribution in [3.05, 3.63) is 23.5 Å². The summed E-state index contributed by atoms with van der Waals surface area (Å²) in [6.45, 7) is 1.45. The van der Waals surface area contributed by atoms with Crippen LogP contribution in [-0.2, 0) is 10.0 Å². The fourth-order valence-electron chi connectivity index (χ4n) is 1.01. The van der Waals surface area contributed by atoms with Crippen molar-refractivity contribution in [2.24, 2.45) is 0 Å². The van der Waals surface area contributed by atoms with E-state index in [-0.39, 0.29) is 22.7 Å². The van der Waals surface area contributed by atoms with E-state index in [0.717, 1.165) is 12.1 Å². The van der Waals surface area contributed by atoms with Crippen molar-refractivity contribution in [2.45, 2.75) is 6.92 Å². The van der Waals surface area contributed by atoms with Crippen molar-refractivity contribution < 1.29 is 12.8 Å². The van der Waals surface area contributed by atoms with Crippen LogP contribution in [0.4, 0.5) is 15.8 Å². The minimum absolute atomic E-state index is 0.0109. The Morgan fingerprint density at radius 3 is 2.69 bits per heavy atom. The third-order valence-corrected chi connectivity index (χ3v) is 3.19. The summed E-state index contributed by atoms with van der Waals surface area (Å²) in [6.07, 6.45) is 0. The summed E-state index contributed by atoms with van der Waals surface area (Å²) < 4.78 is 37.7. The molecule has 0 bridgehead atoms. The summed E-state index contributed by atoms with van der Waals surface area (Å²) >= 11 is 0. The highest BCUT2D eigenvalue weighted by Gasteiger charge is 2.13. The van der Waals surface area contributed by atoms with Gasteiger partial charge in [-0.1, -0.05) is 0 Å². The molecule has 0 radical (unpaired) electrons. The Labute approximate surface area is 92.7 Å². The van der Waals surface area contributed by atoms with Crippen molar-refractivity contribution in [3.63, 3.8) is 0 Å². The number of sulfonamides is 1. The lowest BCUT2D eigenvalue weighted by Gasteiger charge is -2.08. The Morgan fingerprint density at radius 1 is 1.56 bits per heavy atom. The van der Waals surface area contributed by atoms with E-state index in [1.807, 2.05) is 0 Å². The molecule has 0 fully saturated rings. The highest BCUT2D eigenvalue weighted by molar-refractivity contribution is 7.92. The molecule has 0 atom stereocenters. The van der Waals surface area contributed by atoms with Gasteiger partial charge in [0.15, 0.2) is 0 Å². The van der Waals surface area contributed by atoms with Crippen molar-refractivity contribution in [1.29, 1.82) is 5.26 Å². The van der Waals surface area contributed by atoms with Crippen LogP contribution < -0.4 is 10.5 Å². The van der Waals surface area contributed by atoms with Gasteiger partial charge in [0, 0.05) is 0 Å². The molecule has 0 heterocycles. The van der Waals surface area contributed by atoms with Gasteiger partial charge < -0.3 is 5.73 Å². The van der Waals surface area contributed by atoms with Gasteiger partial charge >= 0.3 is 0 Å². The molecular weight excluding hydrogens is 233 g/mol. The third kappa shape index (κ3) is 2.61. The van der Waals surface area contributed by atoms with Crippen LogP contribution in [0.15, 0.2) is 12.1 Å². The number of anilines is 2. The first-order valence-corrected chi connectivity index (χ1v) is 6.04. The standard InChI is InChI=1S/C9H10FN3O2S/c1-2-16(14,15)13-9-4-8(12)7(10)3-6(9)5-11/h3-4,13H,2,12H2,1H3. The maximum absolute atomic E-state index is 13.0. The SMILES string of the molecule is CCS(=O)(=O)Nc1cc(N)c(F)cc1C#N. The summed E-state index contributed by atoms with van der Waals surface area (Å²) in [6, 6.07) is 3.66. The van der Waals surface area contributed by atoms with Crippen molar-refractivity contribution in [2.75, 3.05) is 16.2 Å². The molecule has 3 N–H and O–H groups in total. The van der Waals surface area contributed by atoms with Gasteiger partial charge in [-0.15, -0.1) is 0 Å². The number of nitriles is 1. The highest BCUT2D eigenvalue weighted by Crippen LogP contribution is 2.22. The van der Waals surface area contributed by atoms with Crippen LogP contribution in [0.25, 0.3) is 0 Å². The number of benzene rings is 1. The van der Waals surface area contributed by atoms with Crippen LogP contribution in [-0.4, -0.2) is 14.2 Å². The maximum atomic E-state index is 13.0. The first-order valence-electron chi connectivity index (χ1n) is 4.39. The molecule has 0 unspecified atom stereocenters. The summed E-state index contributed by atoms with van der Waals surface area (Å²) in [5.41, 5.74) is 4.95. The smallest absolute Gasteiger partial charge is 0.232 e. The number of nitrogens with two attached hydrogens (primary N) is 1. The molecule has 1 aromatic carbocycles. The van der Waals surface area contributed by atoms with Gasteiger partial charge in [-0.25, -0.2) is 12.8 Å². The second-order valence-electron chi connectivity index (χ2n) is 3.04. The summed E-state index contributed by atoms with van der Waals surface area (Å²) in [7, 11) is -3.51. The van der Waals surface area contributed by atoms with E-state index in [2.05, 4.69) is 4.72 Å². The van der Waals surface area contributed by atoms with E-state index in [9.17, 15) is 12.8 Å². The molecule has 0 spiro atoms. The third-order valence-electron chi connectivity index (χ3n) is 1.90. The van der Waals surface area contributed by atoms with Gasteiger partial charge in [0.05, 0.1) is 22.7 Å². The number of hydrogen-bond donors (Lipinski definition) is 2. The Morgan fingerprint density at radius 2 is 2.19 bits per heavy atom. The van der Waals surface area contributed by atoms with Crippen molar-refractivity contribution in [1.82, 2.24) is 0 Å². The molecule has 1 aromatic rings. The summed E-state index contributed by atoms with van der Waals surface area (Å²) in [5.74, 6) is -0.897. The van der Waals surface area contributed by atoms with Crippen LogP contribution >= 0.6 is 0 Å². The molecular formula is C9H10FN3O2S. The zero-order chi connectivity index (χ0) is 12.3. The first-order chi connectivity index (χ1) is 7.39. The number of nitrogens with zero attached hydrogens (tertiary/aromatic N) is 1. The molecule has 1 rings (SSSR count). The van der Waals surface area contributed by atoms with E-state index < -0.39 is 15.8 Å². The van der Waals surface area contributed by atoms with Crippen LogP contribution in [0.2, 0.25) is 0 Å². The molecule has 0 saturated carbocycles. The quantitative estimate of drug-likeness (QED) is 0.775. The molecule has 7 heteroatoms. The first kappa shape index (κ1) is 12.3. The predicted molar refractivity (Wildman–Crippen MR) is 58.6 cm³/mol. The predicted octanol–water partition coefficient (Wildman–Crippen LogP) is 1.04. The largest absolute Gasteiger partial charge is 0.396 e. The van der Waals surface area contributed by atoms with Crippen LogP contribution in [0.1, 0.15) is 12.5 Å². The van der Waals surface area contributed by atoms with E-state index in [0.29, 0.717) is 0 Å². The second-order valence-corrected chi connectivity index (χ2v) is 5.05. The van der Waals surface area contributed by atoms with Crippen LogP contribution in [0.5, 0.6) is 0 Å². The lowest BCUT2D eigenvalue weighted by Crippen LogP contribution is -2.15. The summed E-state index contributed by atoms with van der Waals surface area (Å²) in [5, 5.41) is 8.71. The molecule has 0 aliphatic heterocycles. The van der Waals surface area contributed by atoms with Gasteiger partial charge in [-0.3, -0.25) is 4.72 Å². The highest BCUT2D eigenvalue weighted by atomic mass is 32.2. The molecule has 0 aliphatic rings. The Kier molecular flexibility index (Phi) is 3.34. The molecule has 0 amide bonds. The zero-order valence-corrected chi connectivity index (χ0v) is 9.31. The van der Waals surface area contributed by atoms with Gasteiger partial charge in [0.1, 0.15) is 11.9 Å². The monoisotopic (exact) mass is 243 g/mol. The van der Waals surface area contributed by atoms with E-state index in [4.69, 9.17) is 11.0 Å². The van der Waals surface area contributed by atoms with Gasteiger partial charge in [0.25, 0.3) is 0 Å². The lowest BCUT2D eigenvalue weighted by atomic mass is 10.2. The van der Waals surface area contributed by atoms with E-state index >= 15 is 0 Å². The number of rotatable bonds is 3. The van der Waals surface area contributed by atoms with Crippen LogP contribution in [0, 0.1) is 17.1 Å². The average Bonchev–Trinajstić information content (AvgIpc) is 2.22. The van der Waals surface area contributed by atoms with Crippen molar-refractivity contribution >= 4 is 21.4 Å². The molecule has 0 aromatic heterocycles. The lowest BCUT2D eigenvalue weighted by molar-refractivity contribution is 0.602. The van der Waals surface area contributed by atoms with Gasteiger partial charge in [-0.2, -0.15) is 5.26 Å². The molecule has 5 nitrogen and oxygen atoms in total. The molecule has 0 saturated heterocycles. The Bertz CT molecular complexity index is 549. The Balaban J connectivity index is 3.25. The maximum Gasteiger partial charge on any atom is 0.232 e. The van der Waals surface area contributed by atoms with E-state index in [1.54, 1.807) is 6.07 Å².